The second-order valence-electron chi connectivity index (χ2n) is 4.68. The quantitative estimate of drug-likeness (QED) is 0.582. The fourth-order valence-electron chi connectivity index (χ4n) is 2.63. The zero-order valence-corrected chi connectivity index (χ0v) is 10.8. The Morgan fingerprint density at radius 1 is 1.56 bits per heavy atom. The molecule has 1 aromatic heterocycles. The van der Waals surface area contributed by atoms with E-state index in [4.69, 9.17) is 11.6 Å². The van der Waals surface area contributed by atoms with Crippen LogP contribution in [0.4, 0.5) is 0 Å². The second kappa shape index (κ2) is 4.25. The third-order valence-corrected chi connectivity index (χ3v) is 3.89. The summed E-state index contributed by atoms with van der Waals surface area (Å²) in [5.74, 6) is 0.907. The summed E-state index contributed by atoms with van der Waals surface area (Å²) in [5.41, 5.74) is 3.07. The number of hydrogen-bond acceptors (Lipinski definition) is 1. The highest BCUT2D eigenvalue weighted by atomic mass is 35.5. The number of hydrogen-bond donors (Lipinski definition) is 0. The second-order valence-corrected chi connectivity index (χ2v) is 4.95. The first-order chi connectivity index (χ1) is 7.60. The molecule has 1 aromatic rings. The summed E-state index contributed by atoms with van der Waals surface area (Å²) in [5, 5.41) is 0. The van der Waals surface area contributed by atoms with Crippen molar-refractivity contribution in [3.8, 4) is 0 Å². The van der Waals surface area contributed by atoms with E-state index in [1.807, 2.05) is 13.0 Å². The average Bonchev–Trinajstić information content (AvgIpc) is 2.98. The first kappa shape index (κ1) is 11.7. The molecule has 0 spiro atoms. The van der Waals surface area contributed by atoms with Gasteiger partial charge in [-0.15, -0.1) is 11.6 Å². The first-order valence-corrected chi connectivity index (χ1v) is 6.41. The van der Waals surface area contributed by atoms with E-state index in [1.54, 1.807) is 0 Å². The Labute approximate surface area is 102 Å². The number of aryl methyl sites for hydroxylation is 1. The lowest BCUT2D eigenvalue weighted by atomic mass is 10.2. The normalized spacial score (nSPS) is 23.5. The topological polar surface area (TPSA) is 22.0 Å². The van der Waals surface area contributed by atoms with Gasteiger partial charge in [0.25, 0.3) is 0 Å². The van der Waals surface area contributed by atoms with Crippen molar-refractivity contribution in [2.45, 2.75) is 39.7 Å². The summed E-state index contributed by atoms with van der Waals surface area (Å²) in [6.07, 6.45) is 2.47. The van der Waals surface area contributed by atoms with Gasteiger partial charge in [-0.3, -0.25) is 4.79 Å². The Hall–Kier alpha value is -0.760. The van der Waals surface area contributed by atoms with E-state index in [0.29, 0.717) is 6.04 Å². The van der Waals surface area contributed by atoms with Crippen LogP contribution in [-0.4, -0.2) is 16.2 Å². The maximum atomic E-state index is 11.6. The standard InChI is InChI=1S/C13H18ClNO/c1-4-10-6-12(10)15-8(2)5-11(9(15)3)13(16)7-14/h5,10,12H,4,6-7H2,1-3H3. The summed E-state index contributed by atoms with van der Waals surface area (Å²) >= 11 is 5.61. The van der Waals surface area contributed by atoms with Crippen LogP contribution in [0.15, 0.2) is 6.07 Å². The number of nitrogens with zero attached hydrogens (tertiary/aromatic N) is 1. The minimum atomic E-state index is 0.0368. The highest BCUT2D eigenvalue weighted by Crippen LogP contribution is 2.47. The average molecular weight is 240 g/mol. The number of halogens is 1. The van der Waals surface area contributed by atoms with Gasteiger partial charge in [0, 0.05) is 23.0 Å². The SMILES string of the molecule is CCC1CC1n1c(C)cc(C(=O)CCl)c1C. The van der Waals surface area contributed by atoms with E-state index in [-0.39, 0.29) is 11.7 Å². The molecule has 0 saturated heterocycles. The molecule has 88 valence electrons. The molecule has 1 aliphatic rings. The van der Waals surface area contributed by atoms with Crippen LogP contribution in [-0.2, 0) is 0 Å². The van der Waals surface area contributed by atoms with Crippen molar-refractivity contribution < 1.29 is 4.79 Å². The summed E-state index contributed by atoms with van der Waals surface area (Å²) in [7, 11) is 0. The third kappa shape index (κ3) is 1.80. The van der Waals surface area contributed by atoms with E-state index < -0.39 is 0 Å². The van der Waals surface area contributed by atoms with Gasteiger partial charge in [0.2, 0.25) is 0 Å². The third-order valence-electron chi connectivity index (χ3n) is 3.65. The molecule has 0 amide bonds. The number of alkyl halides is 1. The Balaban J connectivity index is 2.33. The molecule has 16 heavy (non-hydrogen) atoms. The lowest BCUT2D eigenvalue weighted by molar-refractivity contribution is 0.102. The highest BCUT2D eigenvalue weighted by Gasteiger charge is 2.38. The summed E-state index contributed by atoms with van der Waals surface area (Å²) < 4.78 is 2.31. The Bertz CT molecular complexity index is 422. The predicted molar refractivity (Wildman–Crippen MR) is 66.4 cm³/mol. The van der Waals surface area contributed by atoms with E-state index in [1.165, 1.54) is 18.5 Å². The molecule has 2 rings (SSSR count). The molecule has 0 radical (unpaired) electrons. The molecule has 2 unspecified atom stereocenters. The van der Waals surface area contributed by atoms with Crippen molar-refractivity contribution in [2.75, 3.05) is 5.88 Å². The van der Waals surface area contributed by atoms with Crippen LogP contribution in [0.3, 0.4) is 0 Å². The smallest absolute Gasteiger partial charge is 0.179 e. The molecule has 0 N–H and O–H groups in total. The first-order valence-electron chi connectivity index (χ1n) is 5.87. The largest absolute Gasteiger partial charge is 0.345 e. The molecule has 1 fully saturated rings. The molecular formula is C13H18ClNO. The fourth-order valence-corrected chi connectivity index (χ4v) is 2.77. The molecular weight excluding hydrogens is 222 g/mol. The molecule has 1 saturated carbocycles. The summed E-state index contributed by atoms with van der Waals surface area (Å²) in [6, 6.07) is 2.59. The van der Waals surface area contributed by atoms with Gasteiger partial charge in [-0.2, -0.15) is 0 Å². The van der Waals surface area contributed by atoms with Crippen molar-refractivity contribution in [3.63, 3.8) is 0 Å². The van der Waals surface area contributed by atoms with Crippen LogP contribution in [0.1, 0.15) is 47.6 Å². The maximum absolute atomic E-state index is 11.6. The van der Waals surface area contributed by atoms with Crippen molar-refractivity contribution in [2.24, 2.45) is 5.92 Å². The van der Waals surface area contributed by atoms with Gasteiger partial charge in [0.1, 0.15) is 0 Å². The van der Waals surface area contributed by atoms with Gasteiger partial charge >= 0.3 is 0 Å². The van der Waals surface area contributed by atoms with Gasteiger partial charge in [-0.05, 0) is 32.3 Å². The van der Waals surface area contributed by atoms with Crippen LogP contribution < -0.4 is 0 Å². The predicted octanol–water partition coefficient (Wildman–Crippen LogP) is 3.50. The van der Waals surface area contributed by atoms with Crippen LogP contribution in [0.2, 0.25) is 0 Å². The molecule has 2 atom stereocenters. The van der Waals surface area contributed by atoms with Crippen molar-refractivity contribution in [1.29, 1.82) is 0 Å². The number of carbonyl (C=O) groups is 1. The molecule has 0 aliphatic heterocycles. The maximum Gasteiger partial charge on any atom is 0.179 e. The van der Waals surface area contributed by atoms with Crippen LogP contribution >= 0.6 is 11.6 Å². The molecule has 0 aromatic carbocycles. The molecule has 3 heteroatoms. The lowest BCUT2D eigenvalue weighted by Gasteiger charge is -2.08. The number of aromatic nitrogens is 1. The van der Waals surface area contributed by atoms with Crippen molar-refractivity contribution >= 4 is 17.4 Å². The van der Waals surface area contributed by atoms with Crippen molar-refractivity contribution in [1.82, 2.24) is 4.57 Å². The fraction of sp³-hybridized carbons (Fsp3) is 0.615. The molecule has 1 heterocycles. The molecule has 1 aliphatic carbocycles. The van der Waals surface area contributed by atoms with Gasteiger partial charge in [-0.25, -0.2) is 0 Å². The van der Waals surface area contributed by atoms with Gasteiger partial charge < -0.3 is 4.57 Å². The van der Waals surface area contributed by atoms with E-state index >= 15 is 0 Å². The zero-order chi connectivity index (χ0) is 11.9. The van der Waals surface area contributed by atoms with Gasteiger partial charge in [0.15, 0.2) is 5.78 Å². The summed E-state index contributed by atoms with van der Waals surface area (Å²) in [6.45, 7) is 6.32. The van der Waals surface area contributed by atoms with Crippen LogP contribution in [0.25, 0.3) is 0 Å². The van der Waals surface area contributed by atoms with Crippen molar-refractivity contribution in [3.05, 3.63) is 23.0 Å². The zero-order valence-electron chi connectivity index (χ0n) is 10.1. The Kier molecular flexibility index (Phi) is 3.11. The van der Waals surface area contributed by atoms with Crippen LogP contribution in [0.5, 0.6) is 0 Å². The van der Waals surface area contributed by atoms with Gasteiger partial charge in [0.05, 0.1) is 5.88 Å². The number of Topliss-reactive ketones (excluding diaryl/α,β-unsaturated/α-hetero) is 1. The minimum absolute atomic E-state index is 0.0368. The van der Waals surface area contributed by atoms with E-state index in [2.05, 4.69) is 18.4 Å². The number of ketones is 1. The number of rotatable bonds is 4. The van der Waals surface area contributed by atoms with Gasteiger partial charge in [-0.1, -0.05) is 13.3 Å². The monoisotopic (exact) mass is 239 g/mol. The highest BCUT2D eigenvalue weighted by molar-refractivity contribution is 6.30. The summed E-state index contributed by atoms with van der Waals surface area (Å²) in [4.78, 5) is 11.6. The van der Waals surface area contributed by atoms with Crippen LogP contribution in [0, 0.1) is 19.8 Å². The van der Waals surface area contributed by atoms with E-state index in [0.717, 1.165) is 17.2 Å². The Morgan fingerprint density at radius 2 is 2.25 bits per heavy atom. The van der Waals surface area contributed by atoms with E-state index in [9.17, 15) is 4.79 Å². The minimum Gasteiger partial charge on any atom is -0.345 e. The lowest BCUT2D eigenvalue weighted by Crippen LogP contribution is -2.05. The molecule has 0 bridgehead atoms. The molecule has 2 nitrogen and oxygen atoms in total. The Morgan fingerprint density at radius 3 is 2.75 bits per heavy atom. The number of carbonyl (C=O) groups excluding carboxylic acids is 1.